The Morgan fingerprint density at radius 1 is 0.333 bits per heavy atom. The highest BCUT2D eigenvalue weighted by Gasteiger charge is 2.19. The van der Waals surface area contributed by atoms with Crippen molar-refractivity contribution < 1.29 is 22.2 Å². The maximum absolute atomic E-state index is 9.39. The van der Waals surface area contributed by atoms with E-state index in [1.807, 2.05) is 78.9 Å². The van der Waals surface area contributed by atoms with Crippen LogP contribution in [0.15, 0.2) is 198 Å². The second-order valence-electron chi connectivity index (χ2n) is 12.3. The fraction of sp³-hybridized carbons (Fsp3) is 0. The van der Waals surface area contributed by atoms with E-state index in [9.17, 15) is 5.48 Å². The highest BCUT2D eigenvalue weighted by molar-refractivity contribution is 6.22. The van der Waals surface area contributed by atoms with E-state index in [1.165, 1.54) is 0 Å². The van der Waals surface area contributed by atoms with Crippen LogP contribution in [0.5, 0.6) is 0 Å². The van der Waals surface area contributed by atoms with Crippen molar-refractivity contribution in [3.05, 3.63) is 194 Å². The molecule has 0 aliphatic carbocycles. The van der Waals surface area contributed by atoms with Gasteiger partial charge in [-0.2, -0.15) is 0 Å². The topological polar surface area (TPSA) is 13.1 Å². The summed E-state index contributed by atoms with van der Waals surface area (Å²) >= 11 is 0. The van der Waals surface area contributed by atoms with Crippen LogP contribution in [0.3, 0.4) is 0 Å². The van der Waals surface area contributed by atoms with Crippen molar-refractivity contribution in [3.8, 4) is 55.6 Å². The summed E-state index contributed by atoms with van der Waals surface area (Å²) in [6.45, 7) is 0. The normalized spacial score (nSPS) is 15.1. The lowest BCUT2D eigenvalue weighted by Crippen LogP contribution is -1.90. The Morgan fingerprint density at radius 3 is 1.51 bits per heavy atom. The third-order valence-corrected chi connectivity index (χ3v) is 9.37. The Kier molecular flexibility index (Phi) is 4.45. The first-order valence-electron chi connectivity index (χ1n) is 22.9. The van der Waals surface area contributed by atoms with Gasteiger partial charge < -0.3 is 4.42 Å². The van der Waals surface area contributed by atoms with Crippen molar-refractivity contribution in [3.63, 3.8) is 0 Å². The summed E-state index contributed by atoms with van der Waals surface area (Å²) in [6, 6.07) is 28.9. The Labute approximate surface area is 315 Å². The van der Waals surface area contributed by atoms with Gasteiger partial charge in [-0.3, -0.25) is 0 Å². The SMILES string of the molecule is [2H]c1c([2H])c([2H])c(-c2c3c([2H])c([2H])c([2H])c([2H])c3c(-c3ccc4oc5c(-c6ccccc6)cc(-c6cccc(-c7ccccc7)c6)cc5c4c3)c3c([2H])c([2H])c([2H])c([2H])c23)c([2H])c1[2H]. The van der Waals surface area contributed by atoms with E-state index < -0.39 is 84.1 Å². The van der Waals surface area contributed by atoms with E-state index in [0.29, 0.717) is 27.5 Å². The highest BCUT2D eigenvalue weighted by atomic mass is 16.3. The average molecular weight is 662 g/mol. The summed E-state index contributed by atoms with van der Waals surface area (Å²) in [4.78, 5) is 0. The molecule has 0 radical (unpaired) electrons. The minimum Gasteiger partial charge on any atom is -0.455 e. The zero-order valence-electron chi connectivity index (χ0n) is 39.9. The molecular weight excluding hydrogens is 617 g/mol. The summed E-state index contributed by atoms with van der Waals surface area (Å²) in [7, 11) is 0. The van der Waals surface area contributed by atoms with Gasteiger partial charge in [0.25, 0.3) is 0 Å². The summed E-state index contributed by atoms with van der Waals surface area (Å²) < 4.78 is 123. The molecule has 10 rings (SSSR count). The van der Waals surface area contributed by atoms with Crippen molar-refractivity contribution in [1.29, 1.82) is 0 Å². The Balaban J connectivity index is 1.36. The largest absolute Gasteiger partial charge is 0.455 e. The zero-order chi connectivity index (χ0) is 45.0. The molecule has 1 heterocycles. The molecule has 51 heavy (non-hydrogen) atoms. The van der Waals surface area contributed by atoms with Gasteiger partial charge in [0.05, 0.1) is 17.8 Å². The molecule has 0 atom stereocenters. The molecule has 0 aliphatic heterocycles. The van der Waals surface area contributed by atoms with Gasteiger partial charge in [0.1, 0.15) is 11.2 Å². The summed E-state index contributed by atoms with van der Waals surface area (Å²) in [5, 5.41) is 0.499. The predicted octanol–water partition coefficient (Wildman–Crippen LogP) is 14.2. The molecule has 1 aromatic heterocycles. The lowest BCUT2D eigenvalue weighted by atomic mass is 9.85. The third-order valence-electron chi connectivity index (χ3n) is 9.37. The number of hydrogen-bond donors (Lipinski definition) is 0. The van der Waals surface area contributed by atoms with Crippen LogP contribution in [-0.4, -0.2) is 0 Å². The minimum atomic E-state index is -0.721. The van der Waals surface area contributed by atoms with Crippen LogP contribution in [0.2, 0.25) is 0 Å². The second-order valence-corrected chi connectivity index (χ2v) is 12.3. The molecule has 0 aliphatic rings. The van der Waals surface area contributed by atoms with Crippen molar-refractivity contribution in [2.45, 2.75) is 0 Å². The highest BCUT2D eigenvalue weighted by Crippen LogP contribution is 2.46. The lowest BCUT2D eigenvalue weighted by Gasteiger charge is -2.17. The van der Waals surface area contributed by atoms with Crippen molar-refractivity contribution in [1.82, 2.24) is 0 Å². The van der Waals surface area contributed by atoms with Gasteiger partial charge >= 0.3 is 0 Å². The molecule has 9 aromatic carbocycles. The molecule has 0 fully saturated rings. The number of fused-ring (bicyclic) bond motifs is 5. The van der Waals surface area contributed by atoms with E-state index >= 15 is 0 Å². The zero-order valence-corrected chi connectivity index (χ0v) is 26.9. The van der Waals surface area contributed by atoms with E-state index in [2.05, 4.69) is 18.2 Å². The van der Waals surface area contributed by atoms with Crippen LogP contribution in [-0.2, 0) is 0 Å². The molecule has 0 N–H and O–H groups in total. The van der Waals surface area contributed by atoms with Crippen LogP contribution in [0.4, 0.5) is 0 Å². The van der Waals surface area contributed by atoms with Crippen LogP contribution in [0.1, 0.15) is 17.8 Å². The number of rotatable bonds is 5. The van der Waals surface area contributed by atoms with Gasteiger partial charge in [0, 0.05) is 16.3 Å². The van der Waals surface area contributed by atoms with Gasteiger partial charge in [-0.1, -0.05) is 163 Å². The summed E-state index contributed by atoms with van der Waals surface area (Å²) in [5.74, 6) is 0. The summed E-state index contributed by atoms with van der Waals surface area (Å²) in [6.07, 6.45) is 0. The van der Waals surface area contributed by atoms with E-state index in [-0.39, 0.29) is 32.7 Å². The molecule has 0 amide bonds. The van der Waals surface area contributed by atoms with Gasteiger partial charge in [0.15, 0.2) is 0 Å². The van der Waals surface area contributed by atoms with Crippen LogP contribution < -0.4 is 0 Å². The molecular formula is C50H32O. The Bertz CT molecular complexity index is 3530. The van der Waals surface area contributed by atoms with Gasteiger partial charge in [0.2, 0.25) is 0 Å². The van der Waals surface area contributed by atoms with Crippen LogP contribution >= 0.6 is 0 Å². The number of benzene rings is 9. The quantitative estimate of drug-likeness (QED) is 0.167. The molecule has 10 aromatic rings. The van der Waals surface area contributed by atoms with Crippen LogP contribution in [0, 0.1) is 0 Å². The van der Waals surface area contributed by atoms with Gasteiger partial charge in [-0.25, -0.2) is 0 Å². The fourth-order valence-electron chi connectivity index (χ4n) is 7.08. The van der Waals surface area contributed by atoms with E-state index in [0.717, 1.165) is 33.4 Å². The monoisotopic (exact) mass is 661 g/mol. The molecule has 0 saturated carbocycles. The Hall–Kier alpha value is -6.70. The molecule has 1 nitrogen and oxygen atoms in total. The minimum absolute atomic E-state index is 0.0476. The molecule has 0 unspecified atom stereocenters. The number of hydrogen-bond acceptors (Lipinski definition) is 1. The molecule has 238 valence electrons. The first kappa shape index (κ1) is 18.9. The second kappa shape index (κ2) is 12.0. The third kappa shape index (κ3) is 4.94. The van der Waals surface area contributed by atoms with Crippen molar-refractivity contribution in [2.75, 3.05) is 0 Å². The molecule has 0 saturated heterocycles. The number of furan rings is 1. The first-order valence-corrected chi connectivity index (χ1v) is 16.4. The van der Waals surface area contributed by atoms with Gasteiger partial charge in [-0.15, -0.1) is 0 Å². The smallest absolute Gasteiger partial charge is 0.143 e. The molecule has 1 heteroatoms. The predicted molar refractivity (Wildman–Crippen MR) is 216 cm³/mol. The standard InChI is InChI=1S/C50H32O/c1-4-15-33(16-5-1)36-21-14-22-37(29-36)39-31-44(34-17-6-2-7-18-34)50-46(32-39)45-30-38(27-28-47(45)51-50)49-42-25-12-10-23-40(42)48(35-19-8-3-9-20-35)41-24-11-13-26-43(41)49/h1-32H/i3D,8D,9D,10D,11D,12D,13D,19D,20D,23D,24D,25D,26D. The fourth-order valence-corrected chi connectivity index (χ4v) is 7.08. The van der Waals surface area contributed by atoms with E-state index in [1.54, 1.807) is 18.2 Å². The first-order chi connectivity index (χ1) is 30.7. The lowest BCUT2D eigenvalue weighted by molar-refractivity contribution is 0.670. The molecule has 0 bridgehead atoms. The van der Waals surface area contributed by atoms with Crippen LogP contribution in [0.25, 0.3) is 99.1 Å². The maximum atomic E-state index is 9.39. The maximum Gasteiger partial charge on any atom is 0.143 e. The summed E-state index contributed by atoms with van der Waals surface area (Å²) in [5.41, 5.74) is 6.28. The van der Waals surface area contributed by atoms with Crippen molar-refractivity contribution in [2.24, 2.45) is 0 Å². The van der Waals surface area contributed by atoms with Gasteiger partial charge in [-0.05, 0) is 102 Å². The average Bonchev–Trinajstić information content (AvgIpc) is 3.70. The molecule has 0 spiro atoms. The van der Waals surface area contributed by atoms with E-state index in [4.69, 9.17) is 16.8 Å². The Morgan fingerprint density at radius 2 is 0.863 bits per heavy atom. The van der Waals surface area contributed by atoms with Crippen molar-refractivity contribution >= 4 is 43.5 Å².